The van der Waals surface area contributed by atoms with Crippen LogP contribution in [0.2, 0.25) is 0 Å². The fourth-order valence-corrected chi connectivity index (χ4v) is 2.50. The lowest BCUT2D eigenvalue weighted by Gasteiger charge is -2.32. The minimum atomic E-state index is -0.379. The smallest absolute Gasteiger partial charge is 0.260 e. The highest BCUT2D eigenvalue weighted by Gasteiger charge is 2.23. The number of rotatable bonds is 5. The number of ether oxygens (including phenoxy) is 1. The zero-order chi connectivity index (χ0) is 14.4. The predicted octanol–water partition coefficient (Wildman–Crippen LogP) is 1.83. The van der Waals surface area contributed by atoms with Crippen molar-refractivity contribution in [2.45, 2.75) is 19.3 Å². The molecule has 5 heteroatoms. The molecule has 1 saturated heterocycles. The summed E-state index contributed by atoms with van der Waals surface area (Å²) in [5, 5.41) is 8.96. The van der Waals surface area contributed by atoms with Gasteiger partial charge in [-0.2, -0.15) is 0 Å². The van der Waals surface area contributed by atoms with Gasteiger partial charge in [-0.3, -0.25) is 4.79 Å². The van der Waals surface area contributed by atoms with E-state index in [2.05, 4.69) is 0 Å². The quantitative estimate of drug-likeness (QED) is 0.895. The van der Waals surface area contributed by atoms with Crippen molar-refractivity contribution in [1.29, 1.82) is 0 Å². The Morgan fingerprint density at radius 1 is 1.50 bits per heavy atom. The van der Waals surface area contributed by atoms with Crippen molar-refractivity contribution < 1.29 is 19.0 Å². The number of likely N-dealkylation sites (tertiary alicyclic amines) is 1. The monoisotopic (exact) mass is 281 g/mol. The van der Waals surface area contributed by atoms with E-state index in [9.17, 15) is 9.18 Å². The van der Waals surface area contributed by atoms with Crippen molar-refractivity contribution in [3.63, 3.8) is 0 Å². The van der Waals surface area contributed by atoms with Gasteiger partial charge in [-0.05, 0) is 37.3 Å². The maximum atomic E-state index is 13.0. The summed E-state index contributed by atoms with van der Waals surface area (Å²) in [6, 6.07) is 5.77. The zero-order valence-electron chi connectivity index (χ0n) is 11.4. The van der Waals surface area contributed by atoms with Gasteiger partial charge in [-0.1, -0.05) is 6.07 Å². The van der Waals surface area contributed by atoms with Gasteiger partial charge < -0.3 is 14.7 Å². The largest absolute Gasteiger partial charge is 0.484 e. The van der Waals surface area contributed by atoms with E-state index in [-0.39, 0.29) is 24.9 Å². The first-order chi connectivity index (χ1) is 9.69. The van der Waals surface area contributed by atoms with Crippen LogP contribution >= 0.6 is 0 Å². The molecule has 1 aliphatic rings. The molecule has 1 aromatic rings. The molecule has 2 rings (SSSR count). The summed E-state index contributed by atoms with van der Waals surface area (Å²) in [7, 11) is 0. The number of piperidine rings is 1. The Morgan fingerprint density at radius 2 is 2.35 bits per heavy atom. The van der Waals surface area contributed by atoms with Crippen LogP contribution in [0.5, 0.6) is 5.75 Å². The lowest BCUT2D eigenvalue weighted by molar-refractivity contribution is -0.135. The average molecular weight is 281 g/mol. The van der Waals surface area contributed by atoms with Gasteiger partial charge in [0.25, 0.3) is 5.91 Å². The Hall–Kier alpha value is -1.62. The maximum absolute atomic E-state index is 13.0. The molecule has 0 aliphatic carbocycles. The van der Waals surface area contributed by atoms with Crippen LogP contribution in [0.4, 0.5) is 4.39 Å². The molecule has 0 radical (unpaired) electrons. The van der Waals surface area contributed by atoms with Gasteiger partial charge in [0.1, 0.15) is 11.6 Å². The predicted molar refractivity (Wildman–Crippen MR) is 72.9 cm³/mol. The summed E-state index contributed by atoms with van der Waals surface area (Å²) < 4.78 is 18.3. The van der Waals surface area contributed by atoms with E-state index in [0.29, 0.717) is 18.2 Å². The first-order valence-electron chi connectivity index (χ1n) is 6.96. The minimum absolute atomic E-state index is 0.0741. The molecule has 1 amide bonds. The van der Waals surface area contributed by atoms with Crippen molar-refractivity contribution >= 4 is 5.91 Å². The van der Waals surface area contributed by atoms with Crippen molar-refractivity contribution in [3.05, 3.63) is 30.1 Å². The van der Waals surface area contributed by atoms with E-state index in [1.54, 1.807) is 17.0 Å². The van der Waals surface area contributed by atoms with Gasteiger partial charge in [0.2, 0.25) is 0 Å². The molecule has 0 spiro atoms. The number of aliphatic hydroxyl groups is 1. The summed E-state index contributed by atoms with van der Waals surface area (Å²) in [6.45, 7) is 1.49. The minimum Gasteiger partial charge on any atom is -0.484 e. The van der Waals surface area contributed by atoms with Crippen LogP contribution in [0.25, 0.3) is 0 Å². The molecule has 1 atom stereocenters. The highest BCUT2D eigenvalue weighted by atomic mass is 19.1. The third-order valence-corrected chi connectivity index (χ3v) is 3.57. The van der Waals surface area contributed by atoms with Gasteiger partial charge in [-0.15, -0.1) is 0 Å². The molecule has 1 aliphatic heterocycles. The van der Waals surface area contributed by atoms with Gasteiger partial charge in [0.15, 0.2) is 6.61 Å². The Labute approximate surface area is 118 Å². The first kappa shape index (κ1) is 14.8. The molecule has 1 fully saturated rings. The molecule has 110 valence electrons. The second kappa shape index (κ2) is 7.24. The summed E-state index contributed by atoms with van der Waals surface area (Å²) in [5.41, 5.74) is 0. The van der Waals surface area contributed by atoms with Crippen molar-refractivity contribution in [1.82, 2.24) is 4.90 Å². The third kappa shape index (κ3) is 4.20. The Morgan fingerprint density at radius 3 is 3.10 bits per heavy atom. The molecular weight excluding hydrogens is 261 g/mol. The van der Waals surface area contributed by atoms with Crippen LogP contribution in [0.1, 0.15) is 19.3 Å². The van der Waals surface area contributed by atoms with E-state index in [0.717, 1.165) is 25.8 Å². The number of hydrogen-bond donors (Lipinski definition) is 1. The van der Waals surface area contributed by atoms with E-state index in [1.807, 2.05) is 0 Å². The van der Waals surface area contributed by atoms with Crippen LogP contribution in [-0.2, 0) is 4.79 Å². The summed E-state index contributed by atoms with van der Waals surface area (Å²) in [6.07, 6.45) is 2.74. The van der Waals surface area contributed by atoms with Crippen LogP contribution in [-0.4, -0.2) is 42.2 Å². The number of halogens is 1. The van der Waals surface area contributed by atoms with Gasteiger partial charge in [0.05, 0.1) is 0 Å². The zero-order valence-corrected chi connectivity index (χ0v) is 11.4. The summed E-state index contributed by atoms with van der Waals surface area (Å²) in [5.74, 6) is 0.266. The van der Waals surface area contributed by atoms with E-state index in [4.69, 9.17) is 9.84 Å². The molecule has 1 unspecified atom stereocenters. The van der Waals surface area contributed by atoms with Crippen molar-refractivity contribution in [2.75, 3.05) is 26.3 Å². The SMILES string of the molecule is O=C(COc1cccc(F)c1)N1CCCC(CCO)C1. The standard InChI is InChI=1S/C15H20FNO3/c16-13-4-1-5-14(9-13)20-11-15(19)17-7-2-3-12(10-17)6-8-18/h1,4-5,9,12,18H,2-3,6-8,10-11H2. The van der Waals surface area contributed by atoms with E-state index >= 15 is 0 Å². The number of carbonyl (C=O) groups is 1. The van der Waals surface area contributed by atoms with Crippen molar-refractivity contribution in [3.8, 4) is 5.75 Å². The van der Waals surface area contributed by atoms with E-state index in [1.165, 1.54) is 12.1 Å². The number of aliphatic hydroxyl groups excluding tert-OH is 1. The average Bonchev–Trinajstić information content (AvgIpc) is 2.45. The van der Waals surface area contributed by atoms with Crippen molar-refractivity contribution in [2.24, 2.45) is 5.92 Å². The number of nitrogens with zero attached hydrogens (tertiary/aromatic N) is 1. The lowest BCUT2D eigenvalue weighted by atomic mass is 9.95. The molecule has 1 heterocycles. The number of carbonyl (C=O) groups excluding carboxylic acids is 1. The van der Waals surface area contributed by atoms with Crippen LogP contribution in [0.15, 0.2) is 24.3 Å². The molecule has 0 saturated carbocycles. The molecule has 4 nitrogen and oxygen atoms in total. The van der Waals surface area contributed by atoms with Crippen LogP contribution in [0.3, 0.4) is 0 Å². The maximum Gasteiger partial charge on any atom is 0.260 e. The molecule has 1 N–H and O–H groups in total. The number of benzene rings is 1. The molecular formula is C15H20FNO3. The topological polar surface area (TPSA) is 49.8 Å². The normalized spacial score (nSPS) is 18.9. The number of amides is 1. The van der Waals surface area contributed by atoms with Gasteiger partial charge in [-0.25, -0.2) is 4.39 Å². The third-order valence-electron chi connectivity index (χ3n) is 3.57. The number of hydrogen-bond acceptors (Lipinski definition) is 3. The molecule has 0 bridgehead atoms. The Balaban J connectivity index is 1.82. The molecule has 20 heavy (non-hydrogen) atoms. The Kier molecular flexibility index (Phi) is 5.35. The first-order valence-corrected chi connectivity index (χ1v) is 6.96. The molecule has 0 aromatic heterocycles. The highest BCUT2D eigenvalue weighted by molar-refractivity contribution is 5.77. The van der Waals surface area contributed by atoms with Crippen LogP contribution in [0, 0.1) is 11.7 Å². The second-order valence-electron chi connectivity index (χ2n) is 5.11. The highest BCUT2D eigenvalue weighted by Crippen LogP contribution is 2.19. The van der Waals surface area contributed by atoms with Gasteiger partial charge in [0, 0.05) is 25.8 Å². The van der Waals surface area contributed by atoms with E-state index < -0.39 is 0 Å². The Bertz CT molecular complexity index is 450. The summed E-state index contributed by atoms with van der Waals surface area (Å²) in [4.78, 5) is 13.8. The second-order valence-corrected chi connectivity index (χ2v) is 5.11. The van der Waals surface area contributed by atoms with Crippen LogP contribution < -0.4 is 4.74 Å². The van der Waals surface area contributed by atoms with Gasteiger partial charge >= 0.3 is 0 Å². The fraction of sp³-hybridized carbons (Fsp3) is 0.533. The lowest BCUT2D eigenvalue weighted by Crippen LogP contribution is -2.42. The summed E-state index contributed by atoms with van der Waals surface area (Å²) >= 11 is 0. The molecule has 1 aromatic carbocycles. The fourth-order valence-electron chi connectivity index (χ4n) is 2.50.